The van der Waals surface area contributed by atoms with Crippen molar-refractivity contribution in [1.29, 1.82) is 0 Å². The van der Waals surface area contributed by atoms with Crippen LogP contribution in [0.2, 0.25) is 0 Å². The van der Waals surface area contributed by atoms with Crippen molar-refractivity contribution in [3.63, 3.8) is 0 Å². The van der Waals surface area contributed by atoms with Crippen LogP contribution >= 0.6 is 11.3 Å². The highest BCUT2D eigenvalue weighted by molar-refractivity contribution is 7.92. The van der Waals surface area contributed by atoms with Gasteiger partial charge in [-0.1, -0.05) is 29.5 Å². The van der Waals surface area contributed by atoms with E-state index < -0.39 is 15.9 Å². The number of amides is 1. The van der Waals surface area contributed by atoms with E-state index in [1.165, 1.54) is 47.0 Å². The number of sulfonamides is 1. The van der Waals surface area contributed by atoms with E-state index in [0.29, 0.717) is 35.8 Å². The number of aromatic nitrogens is 1. The van der Waals surface area contributed by atoms with Crippen LogP contribution < -0.4 is 13.8 Å². The van der Waals surface area contributed by atoms with Crippen LogP contribution in [-0.2, 0) is 21.3 Å². The third-order valence-corrected chi connectivity index (χ3v) is 8.40. The fourth-order valence-corrected chi connectivity index (χ4v) is 5.93. The van der Waals surface area contributed by atoms with Crippen molar-refractivity contribution in [1.82, 2.24) is 4.57 Å². The molecule has 0 saturated heterocycles. The summed E-state index contributed by atoms with van der Waals surface area (Å²) >= 11 is 1.38. The first-order valence-electron chi connectivity index (χ1n) is 11.3. The van der Waals surface area contributed by atoms with Crippen molar-refractivity contribution in [3.05, 3.63) is 83.2 Å². The summed E-state index contributed by atoms with van der Waals surface area (Å²) in [5.41, 5.74) is 1.77. The smallest absolute Gasteiger partial charge is 0.279 e. The van der Waals surface area contributed by atoms with Gasteiger partial charge in [0.15, 0.2) is 4.80 Å². The molecule has 4 rings (SSSR count). The highest BCUT2D eigenvalue weighted by Gasteiger charge is 2.21. The summed E-state index contributed by atoms with van der Waals surface area (Å²) in [5.74, 6) is 0.290. The minimum Gasteiger partial charge on any atom is -0.494 e. The van der Waals surface area contributed by atoms with Crippen molar-refractivity contribution in [2.75, 3.05) is 31.7 Å². The Balaban J connectivity index is 1.65. The van der Waals surface area contributed by atoms with Crippen molar-refractivity contribution >= 4 is 43.2 Å². The van der Waals surface area contributed by atoms with Crippen LogP contribution in [-0.4, -0.2) is 46.3 Å². The Morgan fingerprint density at radius 3 is 2.44 bits per heavy atom. The first kappa shape index (κ1) is 25.6. The minimum absolute atomic E-state index is 0.0888. The van der Waals surface area contributed by atoms with Crippen LogP contribution in [0.4, 0.5) is 5.69 Å². The number of ether oxygens (including phenoxy) is 2. The molecule has 1 heterocycles. The van der Waals surface area contributed by atoms with E-state index >= 15 is 0 Å². The highest BCUT2D eigenvalue weighted by atomic mass is 32.2. The quantitative estimate of drug-likeness (QED) is 0.325. The second-order valence-corrected chi connectivity index (χ2v) is 10.8. The van der Waals surface area contributed by atoms with Crippen molar-refractivity contribution in [2.24, 2.45) is 4.99 Å². The molecule has 0 bridgehead atoms. The molecule has 0 aliphatic rings. The number of hydrogen-bond donors (Lipinski definition) is 0. The number of para-hydroxylation sites is 1. The van der Waals surface area contributed by atoms with Gasteiger partial charge in [-0.25, -0.2) is 8.42 Å². The van der Waals surface area contributed by atoms with Crippen LogP contribution in [0, 0.1) is 0 Å². The lowest BCUT2D eigenvalue weighted by molar-refractivity contribution is 0.0997. The van der Waals surface area contributed by atoms with E-state index in [1.54, 1.807) is 31.4 Å². The maximum atomic E-state index is 13.0. The summed E-state index contributed by atoms with van der Waals surface area (Å²) in [4.78, 5) is 18.0. The predicted octanol–water partition coefficient (Wildman–Crippen LogP) is 4.31. The molecule has 0 saturated carbocycles. The molecule has 0 aliphatic heterocycles. The number of anilines is 1. The molecule has 8 nitrogen and oxygen atoms in total. The first-order chi connectivity index (χ1) is 17.3. The van der Waals surface area contributed by atoms with E-state index in [0.717, 1.165) is 16.0 Å². The lowest BCUT2D eigenvalue weighted by Crippen LogP contribution is -2.26. The molecule has 0 spiro atoms. The molecule has 10 heteroatoms. The van der Waals surface area contributed by atoms with Crippen LogP contribution in [0.1, 0.15) is 17.3 Å². The minimum atomic E-state index is -3.77. The molecule has 0 aliphatic carbocycles. The normalized spacial score (nSPS) is 12.1. The SMILES string of the molecule is CCOc1ccc2c(c1)sc(=NC(=O)c1ccc(S(=O)(=O)N(C)c3ccccc3)cc1)n2CCOC. The molecule has 0 N–H and O–H groups in total. The van der Waals surface area contributed by atoms with Gasteiger partial charge in [-0.2, -0.15) is 4.99 Å². The van der Waals surface area contributed by atoms with E-state index in [-0.39, 0.29) is 4.90 Å². The third kappa shape index (κ3) is 5.35. The number of benzene rings is 3. The molecular weight excluding hydrogens is 498 g/mol. The molecule has 0 fully saturated rings. The molecule has 188 valence electrons. The number of thiazole rings is 1. The van der Waals surface area contributed by atoms with Gasteiger partial charge in [0, 0.05) is 26.3 Å². The van der Waals surface area contributed by atoms with Gasteiger partial charge >= 0.3 is 0 Å². The van der Waals surface area contributed by atoms with E-state index in [4.69, 9.17) is 9.47 Å². The summed E-state index contributed by atoms with van der Waals surface area (Å²) in [6.45, 7) is 3.47. The van der Waals surface area contributed by atoms with Crippen LogP contribution in [0.15, 0.2) is 82.7 Å². The molecular formula is C26H27N3O5S2. The maximum Gasteiger partial charge on any atom is 0.279 e. The standard InChI is InChI=1S/C26H27N3O5S2/c1-4-34-21-12-15-23-24(18-21)35-26(29(23)16-17-33-3)27-25(30)19-10-13-22(14-11-19)36(31,32)28(2)20-8-6-5-7-9-20/h5-15,18H,4,16-17H2,1-3H3. The molecule has 4 aromatic rings. The van der Waals surface area contributed by atoms with Gasteiger partial charge in [-0.05, 0) is 61.5 Å². The van der Waals surface area contributed by atoms with Crippen LogP contribution in [0.5, 0.6) is 5.75 Å². The fourth-order valence-electron chi connectivity index (χ4n) is 3.65. The van der Waals surface area contributed by atoms with Gasteiger partial charge in [0.2, 0.25) is 0 Å². The average Bonchev–Trinajstić information content (AvgIpc) is 3.23. The van der Waals surface area contributed by atoms with E-state index in [2.05, 4.69) is 4.99 Å². The number of hydrogen-bond acceptors (Lipinski definition) is 6. The third-order valence-electron chi connectivity index (χ3n) is 5.56. The Bertz CT molecular complexity index is 1530. The van der Waals surface area contributed by atoms with Gasteiger partial charge in [0.05, 0.1) is 34.0 Å². The summed E-state index contributed by atoms with van der Waals surface area (Å²) < 4.78 is 41.0. The van der Waals surface area contributed by atoms with Crippen LogP contribution in [0.25, 0.3) is 10.2 Å². The largest absolute Gasteiger partial charge is 0.494 e. The Kier molecular flexibility index (Phi) is 7.88. The van der Waals surface area contributed by atoms with Gasteiger partial charge in [0.1, 0.15) is 5.75 Å². The van der Waals surface area contributed by atoms with Crippen molar-refractivity contribution in [2.45, 2.75) is 18.4 Å². The summed E-state index contributed by atoms with van der Waals surface area (Å²) in [5, 5.41) is 0. The first-order valence-corrected chi connectivity index (χ1v) is 13.6. The molecule has 3 aromatic carbocycles. The zero-order valence-corrected chi connectivity index (χ0v) is 21.9. The van der Waals surface area contributed by atoms with E-state index in [1.807, 2.05) is 35.8 Å². The van der Waals surface area contributed by atoms with Gasteiger partial charge < -0.3 is 14.0 Å². The van der Waals surface area contributed by atoms with Gasteiger partial charge in [0.25, 0.3) is 15.9 Å². The lowest BCUT2D eigenvalue weighted by Gasteiger charge is -2.19. The van der Waals surface area contributed by atoms with E-state index in [9.17, 15) is 13.2 Å². The molecule has 36 heavy (non-hydrogen) atoms. The second kappa shape index (κ2) is 11.1. The Morgan fingerprint density at radius 1 is 1.06 bits per heavy atom. The number of rotatable bonds is 9. The molecule has 0 radical (unpaired) electrons. The summed E-state index contributed by atoms with van der Waals surface area (Å²) in [6, 6.07) is 20.4. The Hall–Kier alpha value is -3.47. The number of nitrogens with zero attached hydrogens (tertiary/aromatic N) is 3. The number of methoxy groups -OCH3 is 1. The molecule has 0 atom stereocenters. The van der Waals surface area contributed by atoms with Crippen molar-refractivity contribution in [3.8, 4) is 5.75 Å². The summed E-state index contributed by atoms with van der Waals surface area (Å²) in [7, 11) is -0.657. The summed E-state index contributed by atoms with van der Waals surface area (Å²) in [6.07, 6.45) is 0. The molecule has 1 aromatic heterocycles. The maximum absolute atomic E-state index is 13.0. The van der Waals surface area contributed by atoms with Crippen LogP contribution in [0.3, 0.4) is 0 Å². The topological polar surface area (TPSA) is 90.2 Å². The number of carbonyl (C=O) groups excluding carboxylic acids is 1. The van der Waals surface area contributed by atoms with Crippen molar-refractivity contribution < 1.29 is 22.7 Å². The molecule has 1 amide bonds. The zero-order chi connectivity index (χ0) is 25.7. The fraction of sp³-hybridized carbons (Fsp3) is 0.231. The lowest BCUT2D eigenvalue weighted by atomic mass is 10.2. The second-order valence-electron chi connectivity index (χ2n) is 7.84. The Morgan fingerprint density at radius 2 is 1.78 bits per heavy atom. The van der Waals surface area contributed by atoms with Gasteiger partial charge in [-0.3, -0.25) is 9.10 Å². The predicted molar refractivity (Wildman–Crippen MR) is 141 cm³/mol. The monoisotopic (exact) mass is 525 g/mol. The Labute approximate surface area is 214 Å². The molecule has 0 unspecified atom stereocenters. The average molecular weight is 526 g/mol. The van der Waals surface area contributed by atoms with Gasteiger partial charge in [-0.15, -0.1) is 0 Å². The number of fused-ring (bicyclic) bond motifs is 1. The highest BCUT2D eigenvalue weighted by Crippen LogP contribution is 2.24. The zero-order valence-electron chi connectivity index (χ0n) is 20.2. The number of carbonyl (C=O) groups is 1.